The van der Waals surface area contributed by atoms with E-state index < -0.39 is 29.4 Å². The third kappa shape index (κ3) is 4.40. The second-order valence-corrected chi connectivity index (χ2v) is 9.17. The Bertz CT molecular complexity index is 1070. The number of ether oxygens (including phenoxy) is 2. The lowest BCUT2D eigenvalue weighted by Gasteiger charge is -2.48. The lowest BCUT2D eigenvalue weighted by Crippen LogP contribution is -2.54. The molecule has 4 unspecified atom stereocenters. The van der Waals surface area contributed by atoms with Crippen molar-refractivity contribution in [3.8, 4) is 0 Å². The maximum Gasteiger partial charge on any atom is 0.304 e. The third-order valence-electron chi connectivity index (χ3n) is 5.67. The first kappa shape index (κ1) is 22.4. The van der Waals surface area contributed by atoms with E-state index in [1.807, 2.05) is 13.0 Å². The number of amidine groups is 1. The van der Waals surface area contributed by atoms with Gasteiger partial charge in [-0.1, -0.05) is 43.0 Å². The fourth-order valence-corrected chi connectivity index (χ4v) is 5.44. The van der Waals surface area contributed by atoms with E-state index >= 15 is 0 Å². The average molecular weight is 461 g/mol. The van der Waals surface area contributed by atoms with Crippen LogP contribution in [0.2, 0.25) is 0 Å². The van der Waals surface area contributed by atoms with Crippen LogP contribution < -0.4 is 5.32 Å². The maximum atomic E-state index is 14.9. The number of hydrogen-bond acceptors (Lipinski definition) is 6. The molecule has 1 fully saturated rings. The Morgan fingerprint density at radius 2 is 1.97 bits per heavy atom. The number of hydrogen-bond donors (Lipinski definition) is 1. The average Bonchev–Trinajstić information content (AvgIpc) is 2.74. The highest BCUT2D eigenvalue weighted by atomic mass is 32.2. The van der Waals surface area contributed by atoms with E-state index in [1.165, 1.54) is 30.8 Å². The number of thioether (sulfide) groups is 1. The number of fused-ring (bicyclic) bond motifs is 1. The van der Waals surface area contributed by atoms with Crippen molar-refractivity contribution >= 4 is 28.8 Å². The number of carbonyl (C=O) groups is 2. The molecule has 2 aromatic carbocycles. The van der Waals surface area contributed by atoms with Gasteiger partial charge in [0.15, 0.2) is 5.17 Å². The van der Waals surface area contributed by atoms with Gasteiger partial charge < -0.3 is 14.8 Å². The lowest BCUT2D eigenvalue weighted by atomic mass is 9.73. The Morgan fingerprint density at radius 1 is 1.22 bits per heavy atom. The van der Waals surface area contributed by atoms with Gasteiger partial charge in [0.1, 0.15) is 17.2 Å². The molecule has 0 bridgehead atoms. The molecule has 0 aromatic heterocycles. The van der Waals surface area contributed by atoms with E-state index in [1.54, 1.807) is 24.3 Å². The molecular weight excluding hydrogens is 438 g/mol. The number of rotatable bonds is 3. The summed E-state index contributed by atoms with van der Waals surface area (Å²) in [5, 5.41) is 2.99. The van der Waals surface area contributed by atoms with Gasteiger partial charge in [0, 0.05) is 41.7 Å². The van der Waals surface area contributed by atoms with Crippen LogP contribution in [0.3, 0.4) is 0 Å². The second kappa shape index (κ2) is 8.99. The van der Waals surface area contributed by atoms with Crippen molar-refractivity contribution in [2.45, 2.75) is 37.3 Å². The summed E-state index contributed by atoms with van der Waals surface area (Å²) >= 11 is 1.34. The topological polar surface area (TPSA) is 77.0 Å². The largest absolute Gasteiger partial charge is 0.436 e. The molecule has 0 saturated carbocycles. The van der Waals surface area contributed by atoms with Crippen LogP contribution in [-0.2, 0) is 19.8 Å². The fourth-order valence-electron chi connectivity index (χ4n) is 4.22. The Hall–Kier alpha value is -2.78. The van der Waals surface area contributed by atoms with Gasteiger partial charge in [-0.15, -0.1) is 0 Å². The number of amides is 1. The van der Waals surface area contributed by atoms with Crippen LogP contribution in [0, 0.1) is 17.6 Å². The van der Waals surface area contributed by atoms with Gasteiger partial charge >= 0.3 is 5.97 Å². The smallest absolute Gasteiger partial charge is 0.304 e. The van der Waals surface area contributed by atoms with Gasteiger partial charge in [-0.05, 0) is 18.2 Å². The van der Waals surface area contributed by atoms with Crippen LogP contribution in [0.5, 0.6) is 0 Å². The maximum absolute atomic E-state index is 14.9. The minimum absolute atomic E-state index is 0.0895. The molecule has 168 valence electrons. The molecule has 1 N–H and O–H groups in total. The Morgan fingerprint density at radius 3 is 2.66 bits per heavy atom. The van der Waals surface area contributed by atoms with Crippen molar-refractivity contribution in [1.29, 1.82) is 0 Å². The first-order valence-corrected chi connectivity index (χ1v) is 11.0. The Balaban J connectivity index is 1.73. The van der Waals surface area contributed by atoms with Crippen LogP contribution in [-0.4, -0.2) is 35.2 Å². The molecule has 2 aromatic rings. The molecular formula is C23H22F2N2O4S. The van der Waals surface area contributed by atoms with Gasteiger partial charge in [-0.3, -0.25) is 9.59 Å². The predicted molar refractivity (Wildman–Crippen MR) is 116 cm³/mol. The molecule has 0 spiro atoms. The highest BCUT2D eigenvalue weighted by Gasteiger charge is 2.53. The normalized spacial score (nSPS) is 27.1. The van der Waals surface area contributed by atoms with Gasteiger partial charge in [0.05, 0.1) is 6.61 Å². The van der Waals surface area contributed by atoms with Crippen LogP contribution in [0.4, 0.5) is 8.78 Å². The first-order chi connectivity index (χ1) is 15.3. The molecule has 4 rings (SSSR count). The van der Waals surface area contributed by atoms with Gasteiger partial charge in [-0.25, -0.2) is 13.8 Å². The summed E-state index contributed by atoms with van der Waals surface area (Å²) in [6.07, 6.45) is -0.499. The summed E-state index contributed by atoms with van der Waals surface area (Å²) in [7, 11) is 0. The molecule has 6 nitrogen and oxygen atoms in total. The van der Waals surface area contributed by atoms with E-state index in [4.69, 9.17) is 14.5 Å². The summed E-state index contributed by atoms with van der Waals surface area (Å²) in [4.78, 5) is 28.9. The number of halogens is 2. The van der Waals surface area contributed by atoms with E-state index in [0.717, 1.165) is 6.07 Å². The predicted octanol–water partition coefficient (Wildman–Crippen LogP) is 4.01. The monoisotopic (exact) mass is 460 g/mol. The van der Waals surface area contributed by atoms with Crippen molar-refractivity contribution in [3.05, 3.63) is 71.3 Å². The second-order valence-electron chi connectivity index (χ2n) is 7.80. The molecule has 2 aliphatic heterocycles. The third-order valence-corrected chi connectivity index (χ3v) is 6.78. The first-order valence-electron chi connectivity index (χ1n) is 10.2. The van der Waals surface area contributed by atoms with Gasteiger partial charge in [-0.2, -0.15) is 0 Å². The van der Waals surface area contributed by atoms with E-state index in [0.29, 0.717) is 10.7 Å². The molecule has 9 heteroatoms. The molecule has 1 amide bonds. The summed E-state index contributed by atoms with van der Waals surface area (Å²) < 4.78 is 39.6. The zero-order valence-electron chi connectivity index (χ0n) is 17.5. The molecule has 2 aliphatic rings. The number of benzene rings is 2. The molecule has 32 heavy (non-hydrogen) atoms. The zero-order valence-corrected chi connectivity index (χ0v) is 18.3. The van der Waals surface area contributed by atoms with E-state index in [9.17, 15) is 18.4 Å². The summed E-state index contributed by atoms with van der Waals surface area (Å²) in [6, 6.07) is 12.0. The number of nitrogens with one attached hydrogen (secondary N) is 1. The SMILES string of the molecule is CC(=O)OC1CC2C(C)SC(NC(=O)c3ccccc3)=NC2(c2ccc(F)cc2F)CO1. The highest BCUT2D eigenvalue weighted by Crippen LogP contribution is 2.50. The van der Waals surface area contributed by atoms with Crippen LogP contribution in [0.15, 0.2) is 53.5 Å². The fraction of sp³-hybridized carbons (Fsp3) is 0.348. The summed E-state index contributed by atoms with van der Waals surface area (Å²) in [5.74, 6) is -2.56. The molecule has 0 aliphatic carbocycles. The zero-order chi connectivity index (χ0) is 22.9. The van der Waals surface area contributed by atoms with Crippen LogP contribution in [0.1, 0.15) is 36.2 Å². The summed E-state index contributed by atoms with van der Waals surface area (Å²) in [5.41, 5.74) is -0.579. The quantitative estimate of drug-likeness (QED) is 0.701. The summed E-state index contributed by atoms with van der Waals surface area (Å²) in [6.45, 7) is 3.14. The van der Waals surface area contributed by atoms with Crippen molar-refractivity contribution < 1.29 is 27.8 Å². The molecule has 4 atom stereocenters. The Labute approximate surface area is 188 Å². The van der Waals surface area contributed by atoms with Crippen LogP contribution >= 0.6 is 11.8 Å². The minimum Gasteiger partial charge on any atom is -0.436 e. The molecule has 1 saturated heterocycles. The van der Waals surface area contributed by atoms with E-state index in [-0.39, 0.29) is 35.7 Å². The standard InChI is InChI=1S/C23H22F2N2O4S/c1-13-18-11-20(31-14(2)28)30-12-23(18,17-9-8-16(24)10-19(17)25)27-22(32-13)26-21(29)15-6-4-3-5-7-15/h3-10,13,18,20H,11-12H2,1-2H3,(H,26,27,29). The van der Waals surface area contributed by atoms with E-state index in [2.05, 4.69) is 5.32 Å². The molecule has 2 heterocycles. The van der Waals surface area contributed by atoms with Crippen LogP contribution in [0.25, 0.3) is 0 Å². The van der Waals surface area contributed by atoms with Crippen molar-refractivity contribution in [2.24, 2.45) is 10.9 Å². The van der Waals surface area contributed by atoms with Gasteiger partial charge in [0.2, 0.25) is 6.29 Å². The van der Waals surface area contributed by atoms with Crippen molar-refractivity contribution in [2.75, 3.05) is 6.61 Å². The number of aliphatic imine (C=N–C) groups is 1. The van der Waals surface area contributed by atoms with Gasteiger partial charge in [0.25, 0.3) is 5.91 Å². The Kier molecular flexibility index (Phi) is 6.30. The van der Waals surface area contributed by atoms with Crippen molar-refractivity contribution in [1.82, 2.24) is 5.32 Å². The highest BCUT2D eigenvalue weighted by molar-refractivity contribution is 8.14. The number of esters is 1. The lowest BCUT2D eigenvalue weighted by molar-refractivity contribution is -0.202. The minimum atomic E-state index is -1.21. The van der Waals surface area contributed by atoms with Crippen molar-refractivity contribution in [3.63, 3.8) is 0 Å². The number of carbonyl (C=O) groups excluding carboxylic acids is 2. The number of nitrogens with zero attached hydrogens (tertiary/aromatic N) is 1. The molecule has 0 radical (unpaired) electrons.